The molecule has 3 heteroatoms. The van der Waals surface area contributed by atoms with Crippen LogP contribution in [0.15, 0.2) is 23.3 Å². The molecule has 0 atom stereocenters. The Morgan fingerprint density at radius 2 is 2.50 bits per heavy atom. The average molecular weight is 162 g/mol. The van der Waals surface area contributed by atoms with Gasteiger partial charge in [-0.25, -0.2) is 9.79 Å². The van der Waals surface area contributed by atoms with Gasteiger partial charge in [0, 0.05) is 11.9 Å². The quantitative estimate of drug-likeness (QED) is 0.496. The lowest BCUT2D eigenvalue weighted by Crippen LogP contribution is -1.90. The molecule has 62 valence electrons. The van der Waals surface area contributed by atoms with Crippen LogP contribution in [0.1, 0.15) is 11.3 Å². The van der Waals surface area contributed by atoms with Gasteiger partial charge in [-0.2, -0.15) is 0 Å². The topological polar surface area (TPSA) is 42.3 Å². The van der Waals surface area contributed by atoms with Gasteiger partial charge in [0.15, 0.2) is 0 Å². The second kappa shape index (κ2) is 4.42. The van der Waals surface area contributed by atoms with Gasteiger partial charge in [-0.05, 0) is 31.0 Å². The van der Waals surface area contributed by atoms with Gasteiger partial charge >= 0.3 is 0 Å². The Morgan fingerprint density at radius 3 is 3.17 bits per heavy atom. The number of rotatable bonds is 3. The zero-order valence-electron chi connectivity index (χ0n) is 6.95. The minimum absolute atomic E-state index is 0.507. The molecule has 0 saturated carbocycles. The van der Waals surface area contributed by atoms with Crippen LogP contribution in [-0.2, 0) is 11.2 Å². The first-order chi connectivity index (χ1) is 5.83. The van der Waals surface area contributed by atoms with Gasteiger partial charge < -0.3 is 0 Å². The first kappa shape index (κ1) is 8.62. The number of nitrogens with zero attached hydrogens (tertiary/aromatic N) is 2. The van der Waals surface area contributed by atoms with Crippen molar-refractivity contribution in [1.29, 1.82) is 0 Å². The number of carbonyl (C=O) groups excluding carboxylic acids is 1. The third-order valence-electron chi connectivity index (χ3n) is 1.54. The molecular weight excluding hydrogens is 152 g/mol. The van der Waals surface area contributed by atoms with E-state index in [-0.39, 0.29) is 0 Å². The maximum absolute atomic E-state index is 9.76. The lowest BCUT2D eigenvalue weighted by Gasteiger charge is -1.97. The molecule has 0 fully saturated rings. The molecular formula is C9H10N2O. The summed E-state index contributed by atoms with van der Waals surface area (Å²) in [4.78, 5) is 17.3. The van der Waals surface area contributed by atoms with E-state index in [0.717, 1.165) is 17.7 Å². The fraction of sp³-hybridized carbons (Fsp3) is 0.333. The number of hydrogen-bond acceptors (Lipinski definition) is 3. The summed E-state index contributed by atoms with van der Waals surface area (Å²) in [7, 11) is 0. The summed E-state index contributed by atoms with van der Waals surface area (Å²) < 4.78 is 0. The number of aliphatic imine (C=N–C) groups is 1. The number of hydrogen-bond donors (Lipinski definition) is 0. The highest BCUT2D eigenvalue weighted by molar-refractivity contribution is 5.33. The Kier molecular flexibility index (Phi) is 3.17. The summed E-state index contributed by atoms with van der Waals surface area (Å²) in [6.07, 6.45) is 4.05. The number of aromatic nitrogens is 1. The second-order valence-electron chi connectivity index (χ2n) is 2.53. The Labute approximate surface area is 71.2 Å². The Morgan fingerprint density at radius 1 is 1.67 bits per heavy atom. The normalized spacial score (nSPS) is 9.08. The molecule has 12 heavy (non-hydrogen) atoms. The van der Waals surface area contributed by atoms with E-state index in [1.54, 1.807) is 6.20 Å². The van der Waals surface area contributed by atoms with Crippen molar-refractivity contribution in [2.45, 2.75) is 13.3 Å². The van der Waals surface area contributed by atoms with E-state index in [4.69, 9.17) is 0 Å². The minimum atomic E-state index is 0.507. The smallest absolute Gasteiger partial charge is 0.234 e. The molecule has 0 aliphatic rings. The highest BCUT2D eigenvalue weighted by atomic mass is 16.1. The van der Waals surface area contributed by atoms with Crippen molar-refractivity contribution < 1.29 is 4.79 Å². The van der Waals surface area contributed by atoms with Crippen LogP contribution in [0.25, 0.3) is 0 Å². The maximum Gasteiger partial charge on any atom is 0.234 e. The summed E-state index contributed by atoms with van der Waals surface area (Å²) in [6.45, 7) is 2.44. The lowest BCUT2D eigenvalue weighted by atomic mass is 10.2. The van der Waals surface area contributed by atoms with Crippen LogP contribution in [0.2, 0.25) is 0 Å². The van der Waals surface area contributed by atoms with E-state index < -0.39 is 0 Å². The molecule has 0 bridgehead atoms. The third-order valence-corrected chi connectivity index (χ3v) is 1.54. The van der Waals surface area contributed by atoms with Gasteiger partial charge in [-0.1, -0.05) is 0 Å². The predicted octanol–water partition coefficient (Wildman–Crippen LogP) is 1.27. The molecule has 1 aromatic heterocycles. The van der Waals surface area contributed by atoms with Crippen LogP contribution >= 0.6 is 0 Å². The summed E-state index contributed by atoms with van der Waals surface area (Å²) in [6, 6.07) is 3.91. The van der Waals surface area contributed by atoms with Crippen LogP contribution in [0, 0.1) is 6.92 Å². The van der Waals surface area contributed by atoms with Gasteiger partial charge in [0.1, 0.15) is 0 Å². The van der Waals surface area contributed by atoms with E-state index in [0.29, 0.717) is 6.54 Å². The van der Waals surface area contributed by atoms with Gasteiger partial charge in [0.2, 0.25) is 6.08 Å². The molecule has 0 spiro atoms. The molecule has 0 aromatic carbocycles. The third kappa shape index (κ3) is 2.64. The van der Waals surface area contributed by atoms with E-state index >= 15 is 0 Å². The standard InChI is InChI=1S/C9H10N2O/c1-8-6-9(3-5-11-8)2-4-10-7-12/h3,5-6H,2,4H2,1H3. The van der Waals surface area contributed by atoms with Crippen LogP contribution in [0.4, 0.5) is 0 Å². The van der Waals surface area contributed by atoms with Gasteiger partial charge in [0.05, 0.1) is 6.54 Å². The molecule has 1 heterocycles. The minimum Gasteiger partial charge on any atom is -0.262 e. The summed E-state index contributed by atoms with van der Waals surface area (Å²) in [5.74, 6) is 0. The molecule has 0 unspecified atom stereocenters. The Hall–Kier alpha value is -1.47. The van der Waals surface area contributed by atoms with Crippen molar-refractivity contribution >= 4 is 6.08 Å². The predicted molar refractivity (Wildman–Crippen MR) is 45.7 cm³/mol. The summed E-state index contributed by atoms with van der Waals surface area (Å²) in [5, 5.41) is 0. The fourth-order valence-electron chi connectivity index (χ4n) is 0.990. The van der Waals surface area contributed by atoms with E-state index in [1.807, 2.05) is 19.1 Å². The lowest BCUT2D eigenvalue weighted by molar-refractivity contribution is 0.563. The average Bonchev–Trinajstić information content (AvgIpc) is 2.05. The van der Waals surface area contributed by atoms with Crippen molar-refractivity contribution in [1.82, 2.24) is 4.98 Å². The number of aryl methyl sites for hydroxylation is 1. The van der Waals surface area contributed by atoms with E-state index in [2.05, 4.69) is 9.98 Å². The first-order valence-electron chi connectivity index (χ1n) is 3.78. The van der Waals surface area contributed by atoms with Crippen molar-refractivity contribution in [3.05, 3.63) is 29.6 Å². The maximum atomic E-state index is 9.76. The Bertz CT molecular complexity index is 303. The van der Waals surface area contributed by atoms with Crippen molar-refractivity contribution in [2.24, 2.45) is 4.99 Å². The molecule has 0 aliphatic carbocycles. The Balaban J connectivity index is 2.57. The van der Waals surface area contributed by atoms with Gasteiger partial charge in [-0.3, -0.25) is 4.98 Å². The summed E-state index contributed by atoms with van der Waals surface area (Å²) >= 11 is 0. The van der Waals surface area contributed by atoms with Crippen molar-refractivity contribution in [3.63, 3.8) is 0 Å². The molecule has 1 aromatic rings. The molecule has 3 nitrogen and oxygen atoms in total. The highest BCUT2D eigenvalue weighted by Gasteiger charge is 1.91. The molecule has 0 radical (unpaired) electrons. The fourth-order valence-corrected chi connectivity index (χ4v) is 0.990. The number of isocyanates is 1. The van der Waals surface area contributed by atoms with Crippen LogP contribution in [0.5, 0.6) is 0 Å². The van der Waals surface area contributed by atoms with Crippen molar-refractivity contribution in [3.8, 4) is 0 Å². The first-order valence-corrected chi connectivity index (χ1v) is 3.78. The summed E-state index contributed by atoms with van der Waals surface area (Å²) in [5.41, 5.74) is 2.14. The SMILES string of the molecule is Cc1cc(CCN=C=O)ccn1. The van der Waals surface area contributed by atoms with Crippen LogP contribution in [0.3, 0.4) is 0 Å². The largest absolute Gasteiger partial charge is 0.262 e. The molecule has 0 aliphatic heterocycles. The highest BCUT2D eigenvalue weighted by Crippen LogP contribution is 2.01. The van der Waals surface area contributed by atoms with Crippen LogP contribution in [-0.4, -0.2) is 17.6 Å². The van der Waals surface area contributed by atoms with Gasteiger partial charge in [0.25, 0.3) is 0 Å². The van der Waals surface area contributed by atoms with Gasteiger partial charge in [-0.15, -0.1) is 0 Å². The van der Waals surface area contributed by atoms with Crippen LogP contribution < -0.4 is 0 Å². The molecule has 1 rings (SSSR count). The molecule has 0 amide bonds. The zero-order chi connectivity index (χ0) is 8.81. The molecule has 0 saturated heterocycles. The number of pyridine rings is 1. The molecule has 0 N–H and O–H groups in total. The zero-order valence-corrected chi connectivity index (χ0v) is 6.95. The van der Waals surface area contributed by atoms with E-state index in [1.165, 1.54) is 6.08 Å². The van der Waals surface area contributed by atoms with E-state index in [9.17, 15) is 4.79 Å². The monoisotopic (exact) mass is 162 g/mol. The second-order valence-corrected chi connectivity index (χ2v) is 2.53. The van der Waals surface area contributed by atoms with Crippen molar-refractivity contribution in [2.75, 3.05) is 6.54 Å².